The molecule has 0 unspecified atom stereocenters. The predicted octanol–water partition coefficient (Wildman–Crippen LogP) is 3.91. The summed E-state index contributed by atoms with van der Waals surface area (Å²) in [7, 11) is 0. The van der Waals surface area contributed by atoms with Crippen molar-refractivity contribution in [1.29, 1.82) is 0 Å². The van der Waals surface area contributed by atoms with Crippen molar-refractivity contribution in [2.24, 2.45) is 0 Å². The highest BCUT2D eigenvalue weighted by Gasteiger charge is 2.19. The Bertz CT molecular complexity index is 770. The molecule has 7 heteroatoms. The van der Waals surface area contributed by atoms with Crippen LogP contribution in [0.25, 0.3) is 0 Å². The largest absolute Gasteiger partial charge is 0.452 e. The first-order chi connectivity index (χ1) is 12.6. The molecule has 0 radical (unpaired) electrons. The summed E-state index contributed by atoms with van der Waals surface area (Å²) in [6.07, 6.45) is 3.21. The summed E-state index contributed by atoms with van der Waals surface area (Å²) in [5.41, 5.74) is 1.50. The lowest BCUT2D eigenvalue weighted by Gasteiger charge is -2.26. The van der Waals surface area contributed by atoms with Crippen molar-refractivity contribution in [3.8, 4) is 0 Å². The number of carbonyl (C=O) groups is 2. The maximum absolute atomic E-state index is 12.4. The predicted molar refractivity (Wildman–Crippen MR) is 104 cm³/mol. The molecule has 1 saturated heterocycles. The molecule has 1 fully saturated rings. The van der Waals surface area contributed by atoms with E-state index in [0.717, 1.165) is 47.9 Å². The molecule has 2 aromatic rings. The summed E-state index contributed by atoms with van der Waals surface area (Å²) < 4.78 is 5.28. The number of hydrogen-bond acceptors (Lipinski definition) is 6. The Morgan fingerprint density at radius 1 is 1.23 bits per heavy atom. The van der Waals surface area contributed by atoms with Crippen LogP contribution in [-0.2, 0) is 15.3 Å². The van der Waals surface area contributed by atoms with Crippen molar-refractivity contribution in [2.75, 3.05) is 19.7 Å². The molecule has 5 nitrogen and oxygen atoms in total. The van der Waals surface area contributed by atoms with Crippen molar-refractivity contribution in [1.82, 2.24) is 9.88 Å². The van der Waals surface area contributed by atoms with Crippen LogP contribution >= 0.6 is 23.1 Å². The number of hydrogen-bond donors (Lipinski definition) is 0. The molecule has 1 aromatic carbocycles. The molecule has 0 bridgehead atoms. The van der Waals surface area contributed by atoms with Gasteiger partial charge in [0.05, 0.1) is 16.3 Å². The number of thiazole rings is 1. The zero-order valence-corrected chi connectivity index (χ0v) is 16.4. The van der Waals surface area contributed by atoms with Crippen LogP contribution in [0.5, 0.6) is 0 Å². The Balaban J connectivity index is 1.57. The van der Waals surface area contributed by atoms with Gasteiger partial charge in [-0.15, -0.1) is 23.1 Å². The Morgan fingerprint density at radius 3 is 2.73 bits per heavy atom. The van der Waals surface area contributed by atoms with Crippen LogP contribution in [0.15, 0.2) is 34.5 Å². The van der Waals surface area contributed by atoms with Crippen molar-refractivity contribution in [2.45, 2.75) is 36.8 Å². The number of amides is 1. The fourth-order valence-corrected chi connectivity index (χ4v) is 4.48. The third-order valence-electron chi connectivity index (χ3n) is 4.18. The summed E-state index contributed by atoms with van der Waals surface area (Å²) in [4.78, 5) is 31.7. The van der Waals surface area contributed by atoms with Crippen molar-refractivity contribution in [3.05, 3.63) is 45.9 Å². The molecule has 0 spiro atoms. The van der Waals surface area contributed by atoms with E-state index in [9.17, 15) is 9.59 Å². The third kappa shape index (κ3) is 5.08. The number of nitrogens with zero attached hydrogens (tertiary/aromatic N) is 2. The molecule has 0 aliphatic carbocycles. The van der Waals surface area contributed by atoms with Crippen LogP contribution < -0.4 is 0 Å². The summed E-state index contributed by atoms with van der Waals surface area (Å²) in [5, 5.41) is 3.06. The van der Waals surface area contributed by atoms with Gasteiger partial charge >= 0.3 is 5.97 Å². The number of ether oxygens (including phenoxy) is 1. The van der Waals surface area contributed by atoms with Crippen LogP contribution in [0.4, 0.5) is 0 Å². The number of benzene rings is 1. The molecule has 2 heterocycles. The maximum Gasteiger partial charge on any atom is 0.339 e. The lowest BCUT2D eigenvalue weighted by atomic mass is 10.1. The fraction of sp³-hybridized carbons (Fsp3) is 0.421. The van der Waals surface area contributed by atoms with Crippen molar-refractivity contribution >= 4 is 35.0 Å². The van der Waals surface area contributed by atoms with Crippen LogP contribution in [0.3, 0.4) is 0 Å². The molecule has 1 aliphatic heterocycles. The normalized spacial score (nSPS) is 14.3. The highest BCUT2D eigenvalue weighted by Crippen LogP contribution is 2.27. The van der Waals surface area contributed by atoms with Crippen LogP contribution in [0, 0.1) is 6.92 Å². The summed E-state index contributed by atoms with van der Waals surface area (Å²) in [6.45, 7) is 3.30. The first kappa shape index (κ1) is 18.9. The molecular weight excluding hydrogens is 368 g/mol. The quantitative estimate of drug-likeness (QED) is 0.553. The molecule has 0 N–H and O–H groups in total. The second kappa shape index (κ2) is 9.19. The second-order valence-corrected chi connectivity index (χ2v) is 8.24. The van der Waals surface area contributed by atoms with E-state index in [2.05, 4.69) is 4.98 Å². The first-order valence-corrected chi connectivity index (χ1v) is 10.6. The van der Waals surface area contributed by atoms with Crippen LogP contribution in [0.1, 0.15) is 40.3 Å². The van der Waals surface area contributed by atoms with E-state index in [-0.39, 0.29) is 12.5 Å². The molecule has 1 aliphatic rings. The number of esters is 1. The van der Waals surface area contributed by atoms with E-state index >= 15 is 0 Å². The molecule has 138 valence electrons. The minimum atomic E-state index is -0.451. The van der Waals surface area contributed by atoms with Gasteiger partial charge < -0.3 is 9.64 Å². The molecule has 1 aromatic heterocycles. The lowest BCUT2D eigenvalue weighted by Crippen LogP contribution is -2.38. The van der Waals surface area contributed by atoms with Gasteiger partial charge in [-0.3, -0.25) is 4.79 Å². The van der Waals surface area contributed by atoms with Gasteiger partial charge in [0.15, 0.2) is 6.61 Å². The molecule has 0 saturated carbocycles. The van der Waals surface area contributed by atoms with Crippen LogP contribution in [-0.4, -0.2) is 41.5 Å². The topological polar surface area (TPSA) is 59.5 Å². The summed E-state index contributed by atoms with van der Waals surface area (Å²) >= 11 is 3.17. The number of thioether (sulfide) groups is 1. The zero-order chi connectivity index (χ0) is 18.4. The van der Waals surface area contributed by atoms with Gasteiger partial charge in [-0.2, -0.15) is 0 Å². The Labute approximate surface area is 161 Å². The Morgan fingerprint density at radius 2 is 2.00 bits per heavy atom. The van der Waals surface area contributed by atoms with E-state index in [4.69, 9.17) is 4.74 Å². The summed E-state index contributed by atoms with van der Waals surface area (Å²) in [5.74, 6) is 0.135. The van der Waals surface area contributed by atoms with Gasteiger partial charge in [-0.05, 0) is 38.3 Å². The highest BCUT2D eigenvalue weighted by molar-refractivity contribution is 7.98. The number of aryl methyl sites for hydroxylation is 1. The standard InChI is InChI=1S/C19H22N2O3S2/c1-14-20-15(12-25-14)13-26-17-8-4-3-7-16(17)19(23)24-11-18(22)21-9-5-2-6-10-21/h3-4,7-8,12H,2,5-6,9-11,13H2,1H3. The number of rotatable bonds is 6. The molecule has 1 amide bonds. The number of carbonyl (C=O) groups excluding carboxylic acids is 2. The van der Waals surface area contributed by atoms with E-state index in [0.29, 0.717) is 11.3 Å². The Kier molecular flexibility index (Phi) is 6.68. The van der Waals surface area contributed by atoms with E-state index in [1.807, 2.05) is 24.4 Å². The lowest BCUT2D eigenvalue weighted by molar-refractivity contribution is -0.135. The van der Waals surface area contributed by atoms with E-state index in [1.165, 1.54) is 0 Å². The first-order valence-electron chi connectivity index (χ1n) is 8.71. The minimum absolute atomic E-state index is 0.110. The number of piperidine rings is 1. The van der Waals surface area contributed by atoms with Gasteiger partial charge in [0.25, 0.3) is 5.91 Å². The summed E-state index contributed by atoms with van der Waals surface area (Å²) in [6, 6.07) is 7.33. The van der Waals surface area contributed by atoms with Crippen LogP contribution in [0.2, 0.25) is 0 Å². The monoisotopic (exact) mass is 390 g/mol. The minimum Gasteiger partial charge on any atom is -0.452 e. The zero-order valence-electron chi connectivity index (χ0n) is 14.8. The molecular formula is C19H22N2O3S2. The Hall–Kier alpha value is -1.86. The number of aromatic nitrogens is 1. The van der Waals surface area contributed by atoms with Gasteiger partial charge in [0, 0.05) is 29.1 Å². The molecule has 0 atom stereocenters. The van der Waals surface area contributed by atoms with Gasteiger partial charge in [-0.1, -0.05) is 12.1 Å². The second-order valence-electron chi connectivity index (χ2n) is 6.16. The molecule has 3 rings (SSSR count). The van der Waals surface area contributed by atoms with Crippen molar-refractivity contribution < 1.29 is 14.3 Å². The van der Waals surface area contributed by atoms with E-state index < -0.39 is 5.97 Å². The average Bonchev–Trinajstić information content (AvgIpc) is 3.10. The smallest absolute Gasteiger partial charge is 0.339 e. The van der Waals surface area contributed by atoms with Crippen molar-refractivity contribution in [3.63, 3.8) is 0 Å². The molecule has 26 heavy (non-hydrogen) atoms. The van der Waals surface area contributed by atoms with Gasteiger partial charge in [0.1, 0.15) is 0 Å². The maximum atomic E-state index is 12.4. The van der Waals surface area contributed by atoms with E-state index in [1.54, 1.807) is 40.1 Å². The average molecular weight is 391 g/mol. The third-order valence-corrected chi connectivity index (χ3v) is 6.11. The van der Waals surface area contributed by atoms with Gasteiger partial charge in [0.2, 0.25) is 0 Å². The van der Waals surface area contributed by atoms with Gasteiger partial charge in [-0.25, -0.2) is 9.78 Å². The number of likely N-dealkylation sites (tertiary alicyclic amines) is 1. The SMILES string of the molecule is Cc1nc(CSc2ccccc2C(=O)OCC(=O)N2CCCCC2)cs1. The highest BCUT2D eigenvalue weighted by atomic mass is 32.2. The fourth-order valence-electron chi connectivity index (χ4n) is 2.83.